The number of rotatable bonds is 6. The number of nitrogens with zero attached hydrogens (tertiary/aromatic N) is 2. The summed E-state index contributed by atoms with van der Waals surface area (Å²) in [6.07, 6.45) is 1.58. The fourth-order valence-corrected chi connectivity index (χ4v) is 1.59. The van der Waals surface area contributed by atoms with Gasteiger partial charge >= 0.3 is 5.97 Å². The number of carboxylic acids is 1. The molecule has 1 heterocycles. The number of aromatic nitrogens is 1. The summed E-state index contributed by atoms with van der Waals surface area (Å²) in [5, 5.41) is 22.2. The third-order valence-electron chi connectivity index (χ3n) is 3.37. The van der Waals surface area contributed by atoms with Crippen LogP contribution in [0.4, 0.5) is 5.69 Å². The maximum atomic E-state index is 11.9. The predicted octanol–water partition coefficient (Wildman–Crippen LogP) is 1.16. The first-order chi connectivity index (χ1) is 9.21. The fraction of sp³-hybridized carbons (Fsp3) is 0.500. The average Bonchev–Trinajstić information content (AvgIpc) is 2.77. The Kier molecular flexibility index (Phi) is 4.49. The standard InChI is InChI=1S/C12H17N3O5/c1-4-12(2,11(17)18)7-13-10(16)9-5-8(15(19)20)6-14(9)3/h5-6H,4,7H2,1-3H3,(H,13,16)(H,17,18). The molecule has 110 valence electrons. The topological polar surface area (TPSA) is 114 Å². The Labute approximate surface area is 115 Å². The van der Waals surface area contributed by atoms with Crippen LogP contribution in [0.1, 0.15) is 30.8 Å². The van der Waals surface area contributed by atoms with Crippen LogP contribution in [0, 0.1) is 15.5 Å². The van der Waals surface area contributed by atoms with Gasteiger partial charge in [0.2, 0.25) is 0 Å². The Morgan fingerprint density at radius 1 is 1.55 bits per heavy atom. The molecule has 0 fully saturated rings. The number of carbonyl (C=O) groups is 2. The third kappa shape index (κ3) is 3.14. The van der Waals surface area contributed by atoms with Crippen LogP contribution in [-0.4, -0.2) is 33.0 Å². The predicted molar refractivity (Wildman–Crippen MR) is 70.4 cm³/mol. The molecular weight excluding hydrogens is 266 g/mol. The van der Waals surface area contributed by atoms with Gasteiger partial charge < -0.3 is 15.0 Å². The highest BCUT2D eigenvalue weighted by atomic mass is 16.6. The zero-order valence-electron chi connectivity index (χ0n) is 11.5. The minimum Gasteiger partial charge on any atom is -0.481 e. The molecule has 0 radical (unpaired) electrons. The monoisotopic (exact) mass is 283 g/mol. The minimum atomic E-state index is -1.06. The lowest BCUT2D eigenvalue weighted by Gasteiger charge is -2.23. The van der Waals surface area contributed by atoms with E-state index in [9.17, 15) is 19.7 Å². The van der Waals surface area contributed by atoms with E-state index in [1.54, 1.807) is 6.92 Å². The highest BCUT2D eigenvalue weighted by Crippen LogP contribution is 2.20. The molecule has 1 amide bonds. The molecule has 1 atom stereocenters. The van der Waals surface area contributed by atoms with Gasteiger partial charge in [-0.1, -0.05) is 6.92 Å². The number of hydrogen-bond donors (Lipinski definition) is 2. The Bertz CT molecular complexity index is 551. The molecule has 1 aromatic heterocycles. The van der Waals surface area contributed by atoms with Crippen molar-refractivity contribution in [3.63, 3.8) is 0 Å². The number of nitro groups is 1. The molecule has 0 aliphatic carbocycles. The summed E-state index contributed by atoms with van der Waals surface area (Å²) in [5.41, 5.74) is -1.14. The van der Waals surface area contributed by atoms with Crippen LogP contribution in [0.3, 0.4) is 0 Å². The molecule has 8 nitrogen and oxygen atoms in total. The number of aryl methyl sites for hydroxylation is 1. The van der Waals surface area contributed by atoms with Gasteiger partial charge in [0.1, 0.15) is 5.69 Å². The Hall–Kier alpha value is -2.38. The van der Waals surface area contributed by atoms with Crippen molar-refractivity contribution in [1.29, 1.82) is 0 Å². The molecule has 1 aromatic rings. The van der Waals surface area contributed by atoms with E-state index >= 15 is 0 Å². The molecule has 2 N–H and O–H groups in total. The van der Waals surface area contributed by atoms with Crippen LogP contribution in [0.2, 0.25) is 0 Å². The summed E-state index contributed by atoms with van der Waals surface area (Å²) in [6.45, 7) is 3.20. The molecule has 20 heavy (non-hydrogen) atoms. The number of nitrogens with one attached hydrogen (secondary N) is 1. The van der Waals surface area contributed by atoms with E-state index in [1.807, 2.05) is 0 Å². The largest absolute Gasteiger partial charge is 0.481 e. The summed E-state index contributed by atoms with van der Waals surface area (Å²) in [6, 6.07) is 1.15. The zero-order chi connectivity index (χ0) is 15.5. The first kappa shape index (κ1) is 15.7. The van der Waals surface area contributed by atoms with Crippen molar-refractivity contribution in [2.75, 3.05) is 6.54 Å². The Balaban J connectivity index is 2.82. The SMILES string of the molecule is CCC(C)(CNC(=O)c1cc([N+](=O)[O-])cn1C)C(=O)O. The molecule has 0 spiro atoms. The van der Waals surface area contributed by atoms with Crippen LogP contribution in [-0.2, 0) is 11.8 Å². The number of aliphatic carboxylic acids is 1. The maximum Gasteiger partial charge on any atom is 0.311 e. The van der Waals surface area contributed by atoms with E-state index in [0.717, 1.165) is 6.07 Å². The highest BCUT2D eigenvalue weighted by molar-refractivity contribution is 5.93. The van der Waals surface area contributed by atoms with Gasteiger partial charge in [-0.05, 0) is 13.3 Å². The van der Waals surface area contributed by atoms with Gasteiger partial charge in [-0.2, -0.15) is 0 Å². The van der Waals surface area contributed by atoms with E-state index in [1.165, 1.54) is 24.7 Å². The van der Waals surface area contributed by atoms with E-state index in [4.69, 9.17) is 5.11 Å². The number of hydrogen-bond acceptors (Lipinski definition) is 4. The van der Waals surface area contributed by atoms with Crippen molar-refractivity contribution < 1.29 is 19.6 Å². The van der Waals surface area contributed by atoms with Gasteiger partial charge in [0.15, 0.2) is 0 Å². The summed E-state index contributed by atoms with van der Waals surface area (Å²) in [4.78, 5) is 33.1. The number of carbonyl (C=O) groups excluding carboxylic acids is 1. The molecule has 0 saturated heterocycles. The lowest BCUT2D eigenvalue weighted by Crippen LogP contribution is -2.41. The van der Waals surface area contributed by atoms with Gasteiger partial charge in [0.05, 0.1) is 16.5 Å². The highest BCUT2D eigenvalue weighted by Gasteiger charge is 2.32. The lowest BCUT2D eigenvalue weighted by atomic mass is 9.88. The van der Waals surface area contributed by atoms with Crippen molar-refractivity contribution in [3.05, 3.63) is 28.1 Å². The third-order valence-corrected chi connectivity index (χ3v) is 3.37. The zero-order valence-corrected chi connectivity index (χ0v) is 11.5. The first-order valence-electron chi connectivity index (χ1n) is 6.03. The van der Waals surface area contributed by atoms with Crippen molar-refractivity contribution in [3.8, 4) is 0 Å². The second-order valence-corrected chi connectivity index (χ2v) is 4.85. The first-order valence-corrected chi connectivity index (χ1v) is 6.03. The number of carboxylic acid groups (broad SMARTS) is 1. The molecule has 0 aliphatic heterocycles. The smallest absolute Gasteiger partial charge is 0.311 e. The average molecular weight is 283 g/mol. The molecule has 0 bridgehead atoms. The maximum absolute atomic E-state index is 11.9. The second-order valence-electron chi connectivity index (χ2n) is 4.85. The summed E-state index contributed by atoms with van der Waals surface area (Å²) < 4.78 is 1.33. The molecule has 0 aliphatic rings. The lowest BCUT2D eigenvalue weighted by molar-refractivity contribution is -0.384. The van der Waals surface area contributed by atoms with Crippen LogP contribution in [0.15, 0.2) is 12.3 Å². The van der Waals surface area contributed by atoms with Gasteiger partial charge in [-0.25, -0.2) is 0 Å². The Morgan fingerprint density at radius 2 is 2.15 bits per heavy atom. The van der Waals surface area contributed by atoms with Crippen LogP contribution in [0.25, 0.3) is 0 Å². The van der Waals surface area contributed by atoms with E-state index in [2.05, 4.69) is 5.32 Å². The molecular formula is C12H17N3O5. The van der Waals surface area contributed by atoms with Crippen LogP contribution < -0.4 is 5.32 Å². The Morgan fingerprint density at radius 3 is 2.55 bits per heavy atom. The van der Waals surface area contributed by atoms with Crippen molar-refractivity contribution in [1.82, 2.24) is 9.88 Å². The quantitative estimate of drug-likeness (QED) is 0.600. The molecule has 1 rings (SSSR count). The fourth-order valence-electron chi connectivity index (χ4n) is 1.59. The van der Waals surface area contributed by atoms with E-state index < -0.39 is 22.2 Å². The normalized spacial score (nSPS) is 13.6. The molecule has 1 unspecified atom stereocenters. The number of amides is 1. The van der Waals surface area contributed by atoms with Gasteiger partial charge in [-0.3, -0.25) is 19.7 Å². The molecule has 8 heteroatoms. The molecule has 0 saturated carbocycles. The summed E-state index contributed by atoms with van der Waals surface area (Å²) >= 11 is 0. The molecule has 0 aromatic carbocycles. The van der Waals surface area contributed by atoms with Crippen molar-refractivity contribution in [2.45, 2.75) is 20.3 Å². The van der Waals surface area contributed by atoms with Crippen LogP contribution >= 0.6 is 0 Å². The summed E-state index contributed by atoms with van der Waals surface area (Å²) in [7, 11) is 1.51. The van der Waals surface area contributed by atoms with E-state index in [-0.39, 0.29) is 17.9 Å². The van der Waals surface area contributed by atoms with Crippen molar-refractivity contribution in [2.24, 2.45) is 12.5 Å². The van der Waals surface area contributed by atoms with E-state index in [0.29, 0.717) is 6.42 Å². The van der Waals surface area contributed by atoms with Crippen molar-refractivity contribution >= 4 is 17.6 Å². The minimum absolute atomic E-state index is 0.0450. The van der Waals surface area contributed by atoms with Gasteiger partial charge in [0, 0.05) is 19.7 Å². The van der Waals surface area contributed by atoms with Gasteiger partial charge in [-0.15, -0.1) is 0 Å². The summed E-state index contributed by atoms with van der Waals surface area (Å²) in [5.74, 6) is -1.54. The van der Waals surface area contributed by atoms with Crippen LogP contribution in [0.5, 0.6) is 0 Å². The van der Waals surface area contributed by atoms with Gasteiger partial charge in [0.25, 0.3) is 11.6 Å². The second kappa shape index (κ2) is 5.72.